The summed E-state index contributed by atoms with van der Waals surface area (Å²) in [6.45, 7) is 7.08. The smallest absolute Gasteiger partial charge is 0.456 e. The van der Waals surface area contributed by atoms with Crippen molar-refractivity contribution in [3.8, 4) is 0 Å². The van der Waals surface area contributed by atoms with E-state index in [-0.39, 0.29) is 25.1 Å². The van der Waals surface area contributed by atoms with E-state index in [1.807, 2.05) is 33.3 Å². The predicted octanol–water partition coefficient (Wildman–Crippen LogP) is 22.9. The van der Waals surface area contributed by atoms with Gasteiger partial charge in [-0.05, 0) is 57.4 Å². The van der Waals surface area contributed by atoms with Crippen LogP contribution in [0.1, 0.15) is 374 Å². The number of esters is 1. The summed E-state index contributed by atoms with van der Waals surface area (Å²) in [6, 6.07) is -0.844. The molecule has 486 valence electrons. The lowest BCUT2D eigenvalue weighted by Gasteiger charge is -2.27. The molecule has 0 aromatic rings. The average Bonchev–Trinajstić information content (AvgIpc) is 3.44. The Morgan fingerprint density at radius 3 is 1.04 bits per heavy atom. The number of rotatable bonds is 67. The first-order chi connectivity index (χ1) is 39.9. The normalized spacial score (nSPS) is 13.6. The summed E-state index contributed by atoms with van der Waals surface area (Å²) in [5, 5.41) is 3.08. The molecule has 0 aliphatic heterocycles. The van der Waals surface area contributed by atoms with Gasteiger partial charge in [0.2, 0.25) is 5.91 Å². The van der Waals surface area contributed by atoms with Gasteiger partial charge in [0, 0.05) is 12.8 Å². The molecular formula is C72H142N2O7P+. The van der Waals surface area contributed by atoms with Crippen LogP contribution in [0, 0.1) is 0 Å². The van der Waals surface area contributed by atoms with Crippen molar-refractivity contribution >= 4 is 19.7 Å². The fraction of sp³-hybridized carbons (Fsp3) is 0.917. The van der Waals surface area contributed by atoms with Crippen molar-refractivity contribution in [2.24, 2.45) is 0 Å². The van der Waals surface area contributed by atoms with Crippen molar-refractivity contribution in [2.45, 2.75) is 386 Å². The fourth-order valence-corrected chi connectivity index (χ4v) is 11.8. The number of likely N-dealkylation sites (N-methyl/N-ethyl adjacent to an activating group) is 1. The number of quaternary nitrogens is 1. The predicted molar refractivity (Wildman–Crippen MR) is 356 cm³/mol. The number of nitrogens with zero attached hydrogens (tertiary/aromatic N) is 1. The van der Waals surface area contributed by atoms with Crippen molar-refractivity contribution in [1.82, 2.24) is 5.32 Å². The number of carbonyl (C=O) groups is 2. The number of hydrogen-bond donors (Lipinski definition) is 2. The van der Waals surface area contributed by atoms with E-state index in [1.165, 1.54) is 283 Å². The Morgan fingerprint density at radius 2 is 0.707 bits per heavy atom. The van der Waals surface area contributed by atoms with E-state index < -0.39 is 20.0 Å². The zero-order valence-electron chi connectivity index (χ0n) is 55.8. The highest BCUT2D eigenvalue weighted by Crippen LogP contribution is 2.43. The first-order valence-corrected chi connectivity index (χ1v) is 37.7. The number of nitrogens with one attached hydrogen (secondary N) is 1. The van der Waals surface area contributed by atoms with Gasteiger partial charge in [0.1, 0.15) is 19.3 Å². The van der Waals surface area contributed by atoms with E-state index in [4.69, 9.17) is 13.8 Å². The second-order valence-corrected chi connectivity index (χ2v) is 27.6. The Hall–Kier alpha value is -1.51. The molecule has 0 spiro atoms. The van der Waals surface area contributed by atoms with E-state index in [0.29, 0.717) is 23.9 Å². The maximum Gasteiger partial charge on any atom is 0.472 e. The molecule has 82 heavy (non-hydrogen) atoms. The number of ether oxygens (including phenoxy) is 1. The van der Waals surface area contributed by atoms with Crippen LogP contribution in [0.15, 0.2) is 24.3 Å². The molecule has 0 aliphatic carbocycles. The molecule has 0 saturated heterocycles. The summed E-state index contributed by atoms with van der Waals surface area (Å²) in [5.74, 6) is -0.485. The number of hydrogen-bond acceptors (Lipinski definition) is 6. The van der Waals surface area contributed by atoms with E-state index >= 15 is 0 Å². The number of carbonyl (C=O) groups excluding carboxylic acids is 2. The summed E-state index contributed by atoms with van der Waals surface area (Å²) in [7, 11) is 1.52. The Labute approximate surface area is 511 Å². The minimum absolute atomic E-state index is 0.0440. The molecule has 1 amide bonds. The Bertz CT molecular complexity index is 1450. The zero-order chi connectivity index (χ0) is 60.0. The van der Waals surface area contributed by atoms with Crippen LogP contribution in [0.3, 0.4) is 0 Å². The van der Waals surface area contributed by atoms with Crippen LogP contribution in [0.2, 0.25) is 0 Å². The number of phosphoric ester groups is 1. The van der Waals surface area contributed by atoms with Gasteiger partial charge in [-0.1, -0.05) is 328 Å². The third kappa shape index (κ3) is 63.0. The third-order valence-electron chi connectivity index (χ3n) is 16.6. The van der Waals surface area contributed by atoms with Gasteiger partial charge in [0.25, 0.3) is 0 Å². The van der Waals surface area contributed by atoms with Gasteiger partial charge in [-0.25, -0.2) is 4.57 Å². The van der Waals surface area contributed by atoms with E-state index in [9.17, 15) is 19.0 Å². The average molecular weight is 1180 g/mol. The highest BCUT2D eigenvalue weighted by molar-refractivity contribution is 7.47. The molecule has 0 saturated carbocycles. The van der Waals surface area contributed by atoms with Crippen molar-refractivity contribution in [3.63, 3.8) is 0 Å². The molecule has 0 fully saturated rings. The first-order valence-electron chi connectivity index (χ1n) is 36.2. The van der Waals surface area contributed by atoms with Crippen LogP contribution in [0.25, 0.3) is 0 Å². The molecule has 0 aromatic carbocycles. The Kier molecular flexibility index (Phi) is 61.4. The molecule has 2 N–H and O–H groups in total. The lowest BCUT2D eigenvalue weighted by Crippen LogP contribution is -2.47. The lowest BCUT2D eigenvalue weighted by molar-refractivity contribution is -0.870. The lowest BCUT2D eigenvalue weighted by atomic mass is 10.0. The van der Waals surface area contributed by atoms with E-state index in [2.05, 4.69) is 38.2 Å². The van der Waals surface area contributed by atoms with Crippen molar-refractivity contribution in [3.05, 3.63) is 24.3 Å². The molecule has 9 nitrogen and oxygen atoms in total. The molecular weight excluding hydrogens is 1040 g/mol. The minimum Gasteiger partial charge on any atom is -0.456 e. The van der Waals surface area contributed by atoms with Crippen LogP contribution < -0.4 is 5.32 Å². The SMILES string of the molecule is CCCCCCCC/C=C/CCCCCCCCCCCC(=O)OC(/C=C/CCCCCCCCCCCC)C(COP(=O)(O)OCC[N+](C)(C)C)NC(=O)CCCCCCCCCCCCCCCCCCCCCCCCCCC. The fourth-order valence-electron chi connectivity index (χ4n) is 11.1. The molecule has 3 unspecified atom stereocenters. The highest BCUT2D eigenvalue weighted by Gasteiger charge is 2.30. The van der Waals surface area contributed by atoms with Gasteiger partial charge >= 0.3 is 13.8 Å². The van der Waals surface area contributed by atoms with E-state index in [0.717, 1.165) is 57.8 Å². The summed E-state index contributed by atoms with van der Waals surface area (Å²) in [4.78, 5) is 37.9. The van der Waals surface area contributed by atoms with Gasteiger partial charge in [-0.15, -0.1) is 0 Å². The summed E-state index contributed by atoms with van der Waals surface area (Å²) < 4.78 is 30.8. The van der Waals surface area contributed by atoms with Crippen LogP contribution in [0.5, 0.6) is 0 Å². The molecule has 0 aliphatic rings. The summed E-state index contributed by atoms with van der Waals surface area (Å²) >= 11 is 0. The van der Waals surface area contributed by atoms with Gasteiger partial charge in [-0.2, -0.15) is 0 Å². The van der Waals surface area contributed by atoms with Crippen LogP contribution in [-0.2, 0) is 27.9 Å². The molecule has 0 aromatic heterocycles. The molecule has 0 heterocycles. The third-order valence-corrected chi connectivity index (χ3v) is 17.6. The zero-order valence-corrected chi connectivity index (χ0v) is 56.7. The maximum absolute atomic E-state index is 13.6. The van der Waals surface area contributed by atoms with Crippen molar-refractivity contribution < 1.29 is 37.3 Å². The number of allylic oxidation sites excluding steroid dienone is 3. The van der Waals surface area contributed by atoms with Gasteiger partial charge in [0.05, 0.1) is 33.8 Å². The van der Waals surface area contributed by atoms with Crippen LogP contribution in [-0.4, -0.2) is 74.3 Å². The van der Waals surface area contributed by atoms with Crippen LogP contribution in [0.4, 0.5) is 0 Å². The second kappa shape index (κ2) is 62.5. The molecule has 0 rings (SSSR count). The molecule has 0 bridgehead atoms. The minimum atomic E-state index is -4.45. The Morgan fingerprint density at radius 1 is 0.415 bits per heavy atom. The summed E-state index contributed by atoms with van der Waals surface area (Å²) in [5.41, 5.74) is 0. The Balaban J connectivity index is 5.00. The standard InChI is InChI=1S/C72H141N2O7P/c1-7-10-13-16-19-22-25-28-30-32-34-35-36-37-38-39-41-42-44-46-49-52-55-58-61-64-71(75)73-69(68-80-82(77,78)79-67-66-74(4,5)6)70(63-60-57-54-51-48-27-24-21-18-15-12-9-3)81-72(76)65-62-59-56-53-50-47-45-43-40-33-31-29-26-23-20-17-14-11-8-2/h29,31,60,63,69-70H,7-28,30,32-59,61-62,64-68H2,1-6H3,(H-,73,75,77,78)/p+1/b31-29+,63-60+. The van der Waals surface area contributed by atoms with Crippen molar-refractivity contribution in [1.29, 1.82) is 0 Å². The topological polar surface area (TPSA) is 111 Å². The van der Waals surface area contributed by atoms with Crippen LogP contribution >= 0.6 is 7.82 Å². The first kappa shape index (κ1) is 80.5. The van der Waals surface area contributed by atoms with Gasteiger partial charge < -0.3 is 19.4 Å². The monoisotopic (exact) mass is 1180 g/mol. The second-order valence-electron chi connectivity index (χ2n) is 26.1. The highest BCUT2D eigenvalue weighted by atomic mass is 31.2. The number of unbranched alkanes of at least 4 members (excludes halogenated alkanes) is 49. The van der Waals surface area contributed by atoms with Crippen molar-refractivity contribution in [2.75, 3.05) is 40.9 Å². The number of amides is 1. The maximum atomic E-state index is 13.6. The van der Waals surface area contributed by atoms with E-state index in [1.54, 1.807) is 0 Å². The van der Waals surface area contributed by atoms with Gasteiger partial charge in [0.15, 0.2) is 0 Å². The van der Waals surface area contributed by atoms with Gasteiger partial charge in [-0.3, -0.25) is 18.6 Å². The number of phosphoric acid groups is 1. The summed E-state index contributed by atoms with van der Waals surface area (Å²) in [6.07, 6.45) is 76.2. The quantitative estimate of drug-likeness (QED) is 0.0205. The largest absolute Gasteiger partial charge is 0.472 e. The molecule has 0 radical (unpaired) electrons. The molecule has 3 atom stereocenters. The molecule has 10 heteroatoms.